The maximum absolute atomic E-state index is 5.17. The average molecular weight is 575 g/mol. The predicted molar refractivity (Wildman–Crippen MR) is 188 cm³/mol. The monoisotopic (exact) mass is 574 g/mol. The first-order valence-corrected chi connectivity index (χ1v) is 15.6. The van der Waals surface area contributed by atoms with Gasteiger partial charge in [0.05, 0.1) is 22.9 Å². The third-order valence-electron chi connectivity index (χ3n) is 9.71. The van der Waals surface area contributed by atoms with Crippen molar-refractivity contribution in [2.75, 3.05) is 0 Å². The fourth-order valence-corrected chi connectivity index (χ4v) is 7.60. The van der Waals surface area contributed by atoms with Crippen LogP contribution in [-0.2, 0) is 5.41 Å². The summed E-state index contributed by atoms with van der Waals surface area (Å²) in [4.78, 5) is 10.0. The molecule has 0 unspecified atom stereocenters. The van der Waals surface area contributed by atoms with Crippen LogP contribution in [0.1, 0.15) is 25.0 Å². The second-order valence-corrected chi connectivity index (χ2v) is 12.6. The molecule has 1 aliphatic carbocycles. The number of para-hydroxylation sites is 2. The first-order valence-electron chi connectivity index (χ1n) is 15.6. The molecular weight excluding hydrogens is 544 g/mol. The normalized spacial score (nSPS) is 13.3. The Balaban J connectivity index is 1.45. The van der Waals surface area contributed by atoms with Crippen LogP contribution >= 0.6 is 0 Å². The van der Waals surface area contributed by atoms with Crippen LogP contribution in [0.25, 0.3) is 77.2 Å². The van der Waals surface area contributed by atoms with Gasteiger partial charge in [0, 0.05) is 11.0 Å². The van der Waals surface area contributed by atoms with Gasteiger partial charge in [0.2, 0.25) is 0 Å². The molecule has 1 heterocycles. The van der Waals surface area contributed by atoms with Gasteiger partial charge in [-0.3, -0.25) is 4.98 Å². The molecule has 2 heteroatoms. The van der Waals surface area contributed by atoms with E-state index in [1.807, 2.05) is 30.5 Å². The Labute approximate surface area is 262 Å². The third-order valence-corrected chi connectivity index (χ3v) is 9.71. The number of fused-ring (bicyclic) bond motifs is 6. The molecule has 0 fully saturated rings. The molecule has 1 aliphatic rings. The molecule has 212 valence electrons. The molecule has 2 nitrogen and oxygen atoms in total. The standard InChI is InChI=1S/C43H30N2/c1-43(2)35-19-9-8-17-32(35)41-33(18-12-20-36(41)43)40-29-15-6-7-16-30(29)42(39-26-44-37-21-10-11-22-38(37)45-39)31-24-23-28(25-34(31)40)27-13-4-3-5-14-27/h3-26H,1-2H3. The van der Waals surface area contributed by atoms with E-state index in [1.54, 1.807) is 0 Å². The SMILES string of the molecule is CC1(C)c2ccccc2-c2c(-c3c4ccccc4c(-c4cnc5ccccc5n4)c4ccc(-c5ccccc5)cc34)cccc21. The summed E-state index contributed by atoms with van der Waals surface area (Å²) in [6, 6.07) is 50.4. The van der Waals surface area contributed by atoms with E-state index in [9.17, 15) is 0 Å². The molecule has 0 saturated heterocycles. The highest BCUT2D eigenvalue weighted by atomic mass is 14.8. The number of hydrogen-bond donors (Lipinski definition) is 0. The fourth-order valence-electron chi connectivity index (χ4n) is 7.60. The summed E-state index contributed by atoms with van der Waals surface area (Å²) in [5.41, 5.74) is 14.1. The zero-order valence-electron chi connectivity index (χ0n) is 25.3. The van der Waals surface area contributed by atoms with Crippen molar-refractivity contribution in [1.82, 2.24) is 9.97 Å². The maximum Gasteiger partial charge on any atom is 0.0905 e. The van der Waals surface area contributed by atoms with Crippen LogP contribution in [0.2, 0.25) is 0 Å². The Hall–Kier alpha value is -5.60. The van der Waals surface area contributed by atoms with E-state index in [2.05, 4.69) is 129 Å². The molecule has 0 N–H and O–H groups in total. The van der Waals surface area contributed by atoms with Crippen molar-refractivity contribution < 1.29 is 0 Å². The van der Waals surface area contributed by atoms with E-state index in [1.165, 1.54) is 66.1 Å². The highest BCUT2D eigenvalue weighted by molar-refractivity contribution is 6.23. The first kappa shape index (κ1) is 25.9. The van der Waals surface area contributed by atoms with Crippen molar-refractivity contribution in [2.45, 2.75) is 19.3 Å². The second-order valence-electron chi connectivity index (χ2n) is 12.6. The van der Waals surface area contributed by atoms with E-state index in [4.69, 9.17) is 9.97 Å². The van der Waals surface area contributed by atoms with Crippen LogP contribution in [0.5, 0.6) is 0 Å². The van der Waals surface area contributed by atoms with Gasteiger partial charge in [-0.05, 0) is 84.3 Å². The van der Waals surface area contributed by atoms with Crippen molar-refractivity contribution in [3.05, 3.63) is 157 Å². The molecule has 7 aromatic carbocycles. The molecule has 0 atom stereocenters. The molecule has 1 aromatic heterocycles. The van der Waals surface area contributed by atoms with E-state index >= 15 is 0 Å². The number of benzene rings is 7. The number of hydrogen-bond acceptors (Lipinski definition) is 2. The molecule has 0 saturated carbocycles. The summed E-state index contributed by atoms with van der Waals surface area (Å²) in [6.07, 6.45) is 1.94. The molecule has 0 aliphatic heterocycles. The van der Waals surface area contributed by atoms with E-state index in [0.717, 1.165) is 22.3 Å². The van der Waals surface area contributed by atoms with E-state index < -0.39 is 0 Å². The minimum atomic E-state index is -0.0800. The predicted octanol–water partition coefficient (Wildman–Crippen LogP) is 11.2. The van der Waals surface area contributed by atoms with Gasteiger partial charge in [-0.25, -0.2) is 4.98 Å². The summed E-state index contributed by atoms with van der Waals surface area (Å²) in [5.74, 6) is 0. The number of nitrogens with zero attached hydrogens (tertiary/aromatic N) is 2. The lowest BCUT2D eigenvalue weighted by Crippen LogP contribution is -2.14. The van der Waals surface area contributed by atoms with E-state index in [0.29, 0.717) is 0 Å². The molecule has 0 spiro atoms. The Morgan fingerprint density at radius 2 is 1.09 bits per heavy atom. The van der Waals surface area contributed by atoms with Crippen LogP contribution in [-0.4, -0.2) is 9.97 Å². The zero-order chi connectivity index (χ0) is 30.1. The van der Waals surface area contributed by atoms with Crippen LogP contribution in [0, 0.1) is 0 Å². The number of rotatable bonds is 3. The first-order chi connectivity index (χ1) is 22.1. The summed E-state index contributed by atoms with van der Waals surface area (Å²) < 4.78 is 0. The third kappa shape index (κ3) is 3.82. The van der Waals surface area contributed by atoms with Crippen molar-refractivity contribution in [1.29, 1.82) is 0 Å². The largest absolute Gasteiger partial charge is 0.252 e. The quantitative estimate of drug-likeness (QED) is 0.196. The van der Waals surface area contributed by atoms with Gasteiger partial charge in [0.1, 0.15) is 0 Å². The highest BCUT2D eigenvalue weighted by Crippen LogP contribution is 2.54. The van der Waals surface area contributed by atoms with Crippen LogP contribution in [0.3, 0.4) is 0 Å². The van der Waals surface area contributed by atoms with Crippen molar-refractivity contribution in [3.8, 4) is 44.6 Å². The van der Waals surface area contributed by atoms with Gasteiger partial charge in [0.15, 0.2) is 0 Å². The Morgan fingerprint density at radius 1 is 0.444 bits per heavy atom. The zero-order valence-corrected chi connectivity index (χ0v) is 25.3. The van der Waals surface area contributed by atoms with Gasteiger partial charge < -0.3 is 0 Å². The van der Waals surface area contributed by atoms with Crippen LogP contribution in [0.4, 0.5) is 0 Å². The number of aromatic nitrogens is 2. The van der Waals surface area contributed by atoms with Gasteiger partial charge in [0.25, 0.3) is 0 Å². The summed E-state index contributed by atoms with van der Waals surface area (Å²) in [6.45, 7) is 4.71. The van der Waals surface area contributed by atoms with Gasteiger partial charge >= 0.3 is 0 Å². The highest BCUT2D eigenvalue weighted by Gasteiger charge is 2.37. The Kier molecular flexibility index (Phi) is 5.58. The van der Waals surface area contributed by atoms with Crippen molar-refractivity contribution in [2.24, 2.45) is 0 Å². The molecule has 0 amide bonds. The van der Waals surface area contributed by atoms with Gasteiger partial charge in [-0.1, -0.05) is 135 Å². The van der Waals surface area contributed by atoms with Crippen LogP contribution < -0.4 is 0 Å². The smallest absolute Gasteiger partial charge is 0.0905 e. The van der Waals surface area contributed by atoms with Crippen molar-refractivity contribution >= 4 is 32.6 Å². The molecule has 0 bridgehead atoms. The van der Waals surface area contributed by atoms with Gasteiger partial charge in [-0.2, -0.15) is 0 Å². The molecule has 9 rings (SSSR count). The molecule has 0 radical (unpaired) electrons. The Morgan fingerprint density at radius 3 is 1.93 bits per heavy atom. The molecular formula is C43H30N2. The maximum atomic E-state index is 5.17. The van der Waals surface area contributed by atoms with Gasteiger partial charge in [-0.15, -0.1) is 0 Å². The minimum absolute atomic E-state index is 0.0800. The average Bonchev–Trinajstić information content (AvgIpc) is 3.33. The second kappa shape index (κ2) is 9.70. The lowest BCUT2D eigenvalue weighted by molar-refractivity contribution is 0.660. The fraction of sp³-hybridized carbons (Fsp3) is 0.0698. The lowest BCUT2D eigenvalue weighted by atomic mass is 9.80. The molecule has 45 heavy (non-hydrogen) atoms. The summed E-state index contributed by atoms with van der Waals surface area (Å²) in [5, 5.41) is 4.79. The minimum Gasteiger partial charge on any atom is -0.252 e. The lowest BCUT2D eigenvalue weighted by Gasteiger charge is -2.22. The summed E-state index contributed by atoms with van der Waals surface area (Å²) in [7, 11) is 0. The van der Waals surface area contributed by atoms with E-state index in [-0.39, 0.29) is 5.41 Å². The van der Waals surface area contributed by atoms with Crippen molar-refractivity contribution in [3.63, 3.8) is 0 Å². The topological polar surface area (TPSA) is 25.8 Å². The van der Waals surface area contributed by atoms with Crippen LogP contribution in [0.15, 0.2) is 146 Å². The Bertz CT molecular complexity index is 2450. The summed E-state index contributed by atoms with van der Waals surface area (Å²) >= 11 is 0. The molecule has 8 aromatic rings.